The van der Waals surface area contributed by atoms with Gasteiger partial charge in [0, 0.05) is 32.5 Å². The number of amides is 2. The number of hydrogen-bond acceptors (Lipinski definition) is 3. The third kappa shape index (κ3) is 5.37. The fourth-order valence-electron chi connectivity index (χ4n) is 4.02. The predicted octanol–water partition coefficient (Wildman–Crippen LogP) is 4.76. The molecule has 1 saturated carbocycles. The standard InChI is InChI=1S/C20H31N3OS/c1-22(16-18-9-12-21-13-10-18)20(24)23(19-8-5-15-25-19)14-11-17-6-3-2-4-7-17/h9-10,12-13,17,19H,2-8,11,14-16H2,1H3. The summed E-state index contributed by atoms with van der Waals surface area (Å²) >= 11 is 1.96. The summed E-state index contributed by atoms with van der Waals surface area (Å²) in [6.07, 6.45) is 14.0. The van der Waals surface area contributed by atoms with Crippen LogP contribution in [-0.4, -0.2) is 45.5 Å². The minimum absolute atomic E-state index is 0.187. The maximum Gasteiger partial charge on any atom is 0.320 e. The second-order valence-electron chi connectivity index (χ2n) is 7.45. The summed E-state index contributed by atoms with van der Waals surface area (Å²) in [4.78, 5) is 21.2. The lowest BCUT2D eigenvalue weighted by Crippen LogP contribution is -2.45. The third-order valence-electron chi connectivity index (χ3n) is 5.50. The van der Waals surface area contributed by atoms with Crippen molar-refractivity contribution in [1.29, 1.82) is 0 Å². The Morgan fingerprint density at radius 3 is 2.60 bits per heavy atom. The molecular formula is C20H31N3OS. The number of urea groups is 1. The zero-order valence-corrected chi connectivity index (χ0v) is 16.2. The third-order valence-corrected chi connectivity index (χ3v) is 6.90. The molecule has 1 aromatic heterocycles. The van der Waals surface area contributed by atoms with Crippen molar-refractivity contribution in [1.82, 2.24) is 14.8 Å². The van der Waals surface area contributed by atoms with Crippen LogP contribution in [0, 0.1) is 5.92 Å². The van der Waals surface area contributed by atoms with E-state index in [0.29, 0.717) is 11.9 Å². The van der Waals surface area contributed by atoms with Gasteiger partial charge in [-0.25, -0.2) is 4.79 Å². The topological polar surface area (TPSA) is 36.4 Å². The van der Waals surface area contributed by atoms with Crippen LogP contribution in [0.2, 0.25) is 0 Å². The lowest BCUT2D eigenvalue weighted by Gasteiger charge is -2.34. The average molecular weight is 362 g/mol. The molecule has 1 atom stereocenters. The van der Waals surface area contributed by atoms with Crippen molar-refractivity contribution in [2.75, 3.05) is 19.3 Å². The van der Waals surface area contributed by atoms with E-state index < -0.39 is 0 Å². The molecule has 2 heterocycles. The van der Waals surface area contributed by atoms with Crippen molar-refractivity contribution in [2.45, 2.75) is 63.3 Å². The molecule has 0 spiro atoms. The maximum absolute atomic E-state index is 13.1. The molecular weight excluding hydrogens is 330 g/mol. The molecule has 1 aromatic rings. The number of thioether (sulfide) groups is 1. The fourth-order valence-corrected chi connectivity index (χ4v) is 5.33. The Labute approximate surface area is 156 Å². The molecule has 0 N–H and O–H groups in total. The van der Waals surface area contributed by atoms with Gasteiger partial charge in [0.25, 0.3) is 0 Å². The monoisotopic (exact) mass is 361 g/mol. The minimum atomic E-state index is 0.187. The molecule has 1 aliphatic carbocycles. The van der Waals surface area contributed by atoms with Gasteiger partial charge >= 0.3 is 6.03 Å². The van der Waals surface area contributed by atoms with Gasteiger partial charge < -0.3 is 9.80 Å². The van der Waals surface area contributed by atoms with Gasteiger partial charge in [-0.15, -0.1) is 11.8 Å². The van der Waals surface area contributed by atoms with Crippen LogP contribution in [0.5, 0.6) is 0 Å². The Hall–Kier alpha value is -1.23. The van der Waals surface area contributed by atoms with E-state index in [1.807, 2.05) is 35.8 Å². The first-order valence-electron chi connectivity index (χ1n) is 9.76. The number of pyridine rings is 1. The number of carbonyl (C=O) groups is 1. The van der Waals surface area contributed by atoms with Gasteiger partial charge in [0.05, 0.1) is 5.37 Å². The van der Waals surface area contributed by atoms with E-state index in [2.05, 4.69) is 9.88 Å². The number of hydrogen-bond donors (Lipinski definition) is 0. The molecule has 2 fully saturated rings. The Morgan fingerprint density at radius 2 is 1.92 bits per heavy atom. The van der Waals surface area contributed by atoms with E-state index in [4.69, 9.17) is 0 Å². The molecule has 0 bridgehead atoms. The zero-order chi connectivity index (χ0) is 17.5. The van der Waals surface area contributed by atoms with Crippen LogP contribution >= 0.6 is 11.8 Å². The summed E-state index contributed by atoms with van der Waals surface area (Å²) in [5, 5.41) is 0.371. The molecule has 2 aliphatic rings. The highest BCUT2D eigenvalue weighted by Gasteiger charge is 2.29. The minimum Gasteiger partial charge on any atom is -0.323 e. The van der Waals surface area contributed by atoms with Crippen molar-refractivity contribution in [2.24, 2.45) is 5.92 Å². The van der Waals surface area contributed by atoms with E-state index in [-0.39, 0.29) is 6.03 Å². The number of carbonyl (C=O) groups excluding carboxylic acids is 1. The second-order valence-corrected chi connectivity index (χ2v) is 8.73. The van der Waals surface area contributed by atoms with E-state index in [9.17, 15) is 4.79 Å². The molecule has 4 nitrogen and oxygen atoms in total. The lowest BCUT2D eigenvalue weighted by molar-refractivity contribution is 0.149. The molecule has 0 radical (unpaired) electrons. The molecule has 0 aromatic carbocycles. The SMILES string of the molecule is CN(Cc1ccncc1)C(=O)N(CCC1CCCCC1)C1CCCS1. The van der Waals surface area contributed by atoms with Gasteiger partial charge in [0.2, 0.25) is 0 Å². The van der Waals surface area contributed by atoms with Gasteiger partial charge in [-0.05, 0) is 48.6 Å². The van der Waals surface area contributed by atoms with E-state index in [1.54, 1.807) is 12.4 Å². The van der Waals surface area contributed by atoms with Crippen molar-refractivity contribution >= 4 is 17.8 Å². The highest BCUT2D eigenvalue weighted by Crippen LogP contribution is 2.32. The summed E-state index contributed by atoms with van der Waals surface area (Å²) in [7, 11) is 1.93. The molecule has 3 rings (SSSR count). The molecule has 1 unspecified atom stereocenters. The van der Waals surface area contributed by atoms with Gasteiger partial charge in [-0.1, -0.05) is 32.1 Å². The quantitative estimate of drug-likeness (QED) is 0.733. The normalized spacial score (nSPS) is 21.2. The zero-order valence-electron chi connectivity index (χ0n) is 15.4. The van der Waals surface area contributed by atoms with Gasteiger partial charge in [0.15, 0.2) is 0 Å². The smallest absolute Gasteiger partial charge is 0.320 e. The Kier molecular flexibility index (Phi) is 7.02. The largest absolute Gasteiger partial charge is 0.323 e. The fraction of sp³-hybridized carbons (Fsp3) is 0.700. The first-order chi connectivity index (χ1) is 12.2. The average Bonchev–Trinajstić information content (AvgIpc) is 3.18. The Balaban J connectivity index is 1.59. The number of nitrogens with zero attached hydrogens (tertiary/aromatic N) is 3. The maximum atomic E-state index is 13.1. The highest BCUT2D eigenvalue weighted by atomic mass is 32.2. The van der Waals surface area contributed by atoms with Crippen molar-refractivity contribution < 1.29 is 4.79 Å². The van der Waals surface area contributed by atoms with Crippen LogP contribution < -0.4 is 0 Å². The molecule has 2 amide bonds. The van der Waals surface area contributed by atoms with Gasteiger partial charge in [-0.2, -0.15) is 0 Å². The van der Waals surface area contributed by atoms with Crippen LogP contribution in [0.25, 0.3) is 0 Å². The lowest BCUT2D eigenvalue weighted by atomic mass is 9.87. The molecule has 1 aliphatic heterocycles. The predicted molar refractivity (Wildman–Crippen MR) is 104 cm³/mol. The summed E-state index contributed by atoms with van der Waals surface area (Å²) < 4.78 is 0. The van der Waals surface area contributed by atoms with Crippen LogP contribution in [0.1, 0.15) is 56.9 Å². The van der Waals surface area contributed by atoms with Crippen LogP contribution in [-0.2, 0) is 6.54 Å². The van der Waals surface area contributed by atoms with Crippen LogP contribution in [0.3, 0.4) is 0 Å². The summed E-state index contributed by atoms with van der Waals surface area (Å²) in [5.74, 6) is 2.01. The molecule has 138 valence electrons. The van der Waals surface area contributed by atoms with E-state index in [1.165, 1.54) is 50.7 Å². The Bertz CT molecular complexity index is 527. The van der Waals surface area contributed by atoms with Crippen molar-refractivity contribution in [3.8, 4) is 0 Å². The van der Waals surface area contributed by atoms with Crippen LogP contribution in [0.15, 0.2) is 24.5 Å². The highest BCUT2D eigenvalue weighted by molar-refractivity contribution is 8.00. The van der Waals surface area contributed by atoms with Gasteiger partial charge in [-0.3, -0.25) is 4.98 Å². The molecule has 5 heteroatoms. The summed E-state index contributed by atoms with van der Waals surface area (Å²) in [6.45, 7) is 1.57. The molecule has 25 heavy (non-hydrogen) atoms. The number of rotatable bonds is 6. The summed E-state index contributed by atoms with van der Waals surface area (Å²) in [5.41, 5.74) is 1.14. The first kappa shape index (κ1) is 18.6. The van der Waals surface area contributed by atoms with Crippen molar-refractivity contribution in [3.05, 3.63) is 30.1 Å². The van der Waals surface area contributed by atoms with Crippen LogP contribution in [0.4, 0.5) is 4.79 Å². The number of aromatic nitrogens is 1. The van der Waals surface area contributed by atoms with Gasteiger partial charge in [0.1, 0.15) is 0 Å². The second kappa shape index (κ2) is 9.46. The first-order valence-corrected chi connectivity index (χ1v) is 10.8. The Morgan fingerprint density at radius 1 is 1.16 bits per heavy atom. The summed E-state index contributed by atoms with van der Waals surface area (Å²) in [6, 6.07) is 4.16. The van der Waals surface area contributed by atoms with E-state index in [0.717, 1.165) is 24.4 Å². The van der Waals surface area contributed by atoms with Crippen molar-refractivity contribution in [3.63, 3.8) is 0 Å². The molecule has 1 saturated heterocycles. The van der Waals surface area contributed by atoms with E-state index >= 15 is 0 Å².